The molecule has 2 nitrogen and oxygen atoms in total. The zero-order valence-electron chi connectivity index (χ0n) is 13.0. The van der Waals surface area contributed by atoms with Crippen LogP contribution in [0.25, 0.3) is 0 Å². The lowest BCUT2D eigenvalue weighted by atomic mass is 9.83. The maximum absolute atomic E-state index is 6.54. The third-order valence-electron chi connectivity index (χ3n) is 4.96. The summed E-state index contributed by atoms with van der Waals surface area (Å²) >= 11 is 0. The predicted molar refractivity (Wildman–Crippen MR) is 80.8 cm³/mol. The van der Waals surface area contributed by atoms with Gasteiger partial charge in [-0.3, -0.25) is 4.90 Å². The molecule has 1 saturated heterocycles. The Morgan fingerprint density at radius 1 is 1.17 bits per heavy atom. The summed E-state index contributed by atoms with van der Waals surface area (Å²) in [6, 6.07) is 0.317. The molecule has 1 aliphatic rings. The zero-order chi connectivity index (χ0) is 13.6. The van der Waals surface area contributed by atoms with Gasteiger partial charge >= 0.3 is 0 Å². The average molecular weight is 254 g/mol. The van der Waals surface area contributed by atoms with E-state index in [-0.39, 0.29) is 5.54 Å². The predicted octanol–water partition coefficient (Wildman–Crippen LogP) is 3.79. The molecule has 0 aromatic carbocycles. The highest BCUT2D eigenvalue weighted by Crippen LogP contribution is 2.28. The summed E-state index contributed by atoms with van der Waals surface area (Å²) in [5, 5.41) is 0. The first-order valence-corrected chi connectivity index (χ1v) is 8.03. The largest absolute Gasteiger partial charge is 0.326 e. The molecule has 0 saturated carbocycles. The minimum Gasteiger partial charge on any atom is -0.326 e. The fraction of sp³-hybridized carbons (Fsp3) is 1.00. The summed E-state index contributed by atoms with van der Waals surface area (Å²) in [5.74, 6) is 0.821. The first kappa shape index (κ1) is 16.0. The van der Waals surface area contributed by atoms with Crippen molar-refractivity contribution in [3.63, 3.8) is 0 Å². The van der Waals surface area contributed by atoms with Gasteiger partial charge in [-0.05, 0) is 52.1 Å². The second kappa shape index (κ2) is 7.49. The highest BCUT2D eigenvalue weighted by Gasteiger charge is 2.35. The van der Waals surface area contributed by atoms with Gasteiger partial charge in [0.15, 0.2) is 0 Å². The van der Waals surface area contributed by atoms with Gasteiger partial charge in [-0.15, -0.1) is 0 Å². The highest BCUT2D eigenvalue weighted by atomic mass is 15.2. The number of nitrogens with zero attached hydrogens (tertiary/aromatic N) is 1. The van der Waals surface area contributed by atoms with Crippen molar-refractivity contribution in [3.8, 4) is 0 Å². The zero-order valence-corrected chi connectivity index (χ0v) is 13.0. The topological polar surface area (TPSA) is 29.3 Å². The first-order valence-electron chi connectivity index (χ1n) is 8.03. The number of nitrogens with two attached hydrogens (primary N) is 1. The van der Waals surface area contributed by atoms with Crippen molar-refractivity contribution in [1.82, 2.24) is 4.90 Å². The van der Waals surface area contributed by atoms with Crippen molar-refractivity contribution in [2.75, 3.05) is 13.1 Å². The SMILES string of the molecule is CCCCC(CC)CC(N)C(C)(C)N1CCCC1. The molecule has 2 heteroatoms. The third kappa shape index (κ3) is 4.24. The summed E-state index contributed by atoms with van der Waals surface area (Å²) in [4.78, 5) is 2.60. The molecule has 2 unspecified atom stereocenters. The van der Waals surface area contributed by atoms with Crippen molar-refractivity contribution in [1.29, 1.82) is 0 Å². The number of likely N-dealkylation sites (tertiary alicyclic amines) is 1. The van der Waals surface area contributed by atoms with E-state index in [4.69, 9.17) is 5.73 Å². The van der Waals surface area contributed by atoms with E-state index < -0.39 is 0 Å². The Kier molecular flexibility index (Phi) is 6.65. The van der Waals surface area contributed by atoms with Gasteiger partial charge in [0, 0.05) is 11.6 Å². The minimum absolute atomic E-state index is 0.177. The van der Waals surface area contributed by atoms with Gasteiger partial charge in [0.1, 0.15) is 0 Å². The lowest BCUT2D eigenvalue weighted by Gasteiger charge is -2.41. The number of hydrogen-bond donors (Lipinski definition) is 1. The Balaban J connectivity index is 2.47. The van der Waals surface area contributed by atoms with Crippen molar-refractivity contribution in [2.24, 2.45) is 11.7 Å². The Morgan fingerprint density at radius 3 is 2.28 bits per heavy atom. The van der Waals surface area contributed by atoms with Gasteiger partial charge in [0.05, 0.1) is 0 Å². The molecule has 1 fully saturated rings. The normalized spacial score (nSPS) is 21.2. The minimum atomic E-state index is 0.177. The Bertz CT molecular complexity index is 219. The van der Waals surface area contributed by atoms with E-state index in [1.54, 1.807) is 0 Å². The fourth-order valence-electron chi connectivity index (χ4n) is 3.16. The number of hydrogen-bond acceptors (Lipinski definition) is 2. The van der Waals surface area contributed by atoms with Crippen LogP contribution in [-0.2, 0) is 0 Å². The van der Waals surface area contributed by atoms with Gasteiger partial charge in [-0.1, -0.05) is 39.5 Å². The van der Waals surface area contributed by atoms with Gasteiger partial charge in [0.25, 0.3) is 0 Å². The van der Waals surface area contributed by atoms with E-state index >= 15 is 0 Å². The van der Waals surface area contributed by atoms with Crippen molar-refractivity contribution < 1.29 is 0 Å². The highest BCUT2D eigenvalue weighted by molar-refractivity contribution is 4.94. The van der Waals surface area contributed by atoms with Crippen LogP contribution in [0.5, 0.6) is 0 Å². The molecule has 0 amide bonds. The maximum Gasteiger partial charge on any atom is 0.0304 e. The van der Waals surface area contributed by atoms with Crippen LogP contribution in [-0.4, -0.2) is 29.6 Å². The molecule has 1 aliphatic heterocycles. The van der Waals surface area contributed by atoms with E-state index in [0.29, 0.717) is 6.04 Å². The van der Waals surface area contributed by atoms with Gasteiger partial charge in [-0.25, -0.2) is 0 Å². The van der Waals surface area contributed by atoms with Crippen molar-refractivity contribution in [2.45, 2.75) is 84.2 Å². The average Bonchev–Trinajstić information content (AvgIpc) is 2.88. The summed E-state index contributed by atoms with van der Waals surface area (Å²) in [7, 11) is 0. The molecule has 0 bridgehead atoms. The second-order valence-electron chi connectivity index (χ2n) is 6.61. The lowest BCUT2D eigenvalue weighted by molar-refractivity contribution is 0.110. The Labute approximate surface area is 114 Å². The molecule has 0 spiro atoms. The van der Waals surface area contributed by atoms with Gasteiger partial charge in [0.2, 0.25) is 0 Å². The number of unbranched alkanes of at least 4 members (excludes halogenated alkanes) is 1. The van der Waals surface area contributed by atoms with Crippen LogP contribution in [0.15, 0.2) is 0 Å². The van der Waals surface area contributed by atoms with E-state index in [1.165, 1.54) is 58.0 Å². The molecular weight excluding hydrogens is 220 g/mol. The van der Waals surface area contributed by atoms with E-state index in [0.717, 1.165) is 5.92 Å². The first-order chi connectivity index (χ1) is 8.52. The standard InChI is InChI=1S/C16H34N2/c1-5-7-10-14(6-2)13-15(17)16(3,4)18-11-8-9-12-18/h14-15H,5-13,17H2,1-4H3. The molecule has 0 radical (unpaired) electrons. The van der Waals surface area contributed by atoms with Crippen LogP contribution in [0, 0.1) is 5.92 Å². The molecule has 1 rings (SSSR count). The van der Waals surface area contributed by atoms with Crippen molar-refractivity contribution in [3.05, 3.63) is 0 Å². The van der Waals surface area contributed by atoms with Crippen LogP contribution >= 0.6 is 0 Å². The molecule has 2 atom stereocenters. The molecule has 0 aromatic rings. The van der Waals surface area contributed by atoms with E-state index in [9.17, 15) is 0 Å². The summed E-state index contributed by atoms with van der Waals surface area (Å²) in [5.41, 5.74) is 6.71. The molecule has 0 aromatic heterocycles. The molecule has 108 valence electrons. The van der Waals surface area contributed by atoms with Crippen LogP contribution < -0.4 is 5.73 Å². The summed E-state index contributed by atoms with van der Waals surface area (Å²) in [6.45, 7) is 11.8. The number of rotatable bonds is 8. The molecule has 2 N–H and O–H groups in total. The molecule has 18 heavy (non-hydrogen) atoms. The summed E-state index contributed by atoms with van der Waals surface area (Å²) < 4.78 is 0. The maximum atomic E-state index is 6.54. The van der Waals surface area contributed by atoms with E-state index in [2.05, 4.69) is 32.6 Å². The monoisotopic (exact) mass is 254 g/mol. The smallest absolute Gasteiger partial charge is 0.0304 e. The third-order valence-corrected chi connectivity index (χ3v) is 4.96. The Morgan fingerprint density at radius 2 is 1.78 bits per heavy atom. The van der Waals surface area contributed by atoms with Crippen LogP contribution in [0.4, 0.5) is 0 Å². The van der Waals surface area contributed by atoms with Gasteiger partial charge in [-0.2, -0.15) is 0 Å². The second-order valence-corrected chi connectivity index (χ2v) is 6.61. The molecule has 0 aliphatic carbocycles. The van der Waals surface area contributed by atoms with Crippen molar-refractivity contribution >= 4 is 0 Å². The Hall–Kier alpha value is -0.0800. The molecular formula is C16H34N2. The van der Waals surface area contributed by atoms with Crippen LogP contribution in [0.3, 0.4) is 0 Å². The lowest BCUT2D eigenvalue weighted by Crippen LogP contribution is -2.55. The quantitative estimate of drug-likeness (QED) is 0.714. The molecule has 1 heterocycles. The van der Waals surface area contributed by atoms with Gasteiger partial charge < -0.3 is 5.73 Å². The van der Waals surface area contributed by atoms with Crippen LogP contribution in [0.1, 0.15) is 72.6 Å². The fourth-order valence-corrected chi connectivity index (χ4v) is 3.16. The van der Waals surface area contributed by atoms with E-state index in [1.807, 2.05) is 0 Å². The summed E-state index contributed by atoms with van der Waals surface area (Å²) in [6.07, 6.45) is 9.20. The van der Waals surface area contributed by atoms with Crippen LogP contribution in [0.2, 0.25) is 0 Å².